The minimum absolute atomic E-state index is 0.590. The number of aryl methyl sites for hydroxylation is 1. The molecule has 0 unspecified atom stereocenters. The van der Waals surface area contributed by atoms with Crippen LogP contribution in [0.1, 0.15) is 17.5 Å². The maximum Gasteiger partial charge on any atom is 0.123 e. The Kier molecular flexibility index (Phi) is 7.55. The van der Waals surface area contributed by atoms with Gasteiger partial charge in [0, 0.05) is 35.1 Å². The Labute approximate surface area is 173 Å². The molecule has 140 valence electrons. The third kappa shape index (κ3) is 6.08. The van der Waals surface area contributed by atoms with Crippen molar-refractivity contribution in [1.29, 1.82) is 0 Å². The first-order chi connectivity index (χ1) is 12.6. The highest BCUT2D eigenvalue weighted by atomic mass is 79.9. The van der Waals surface area contributed by atoms with Crippen LogP contribution in [0.2, 0.25) is 0 Å². The quantitative estimate of drug-likeness (QED) is 0.555. The highest BCUT2D eigenvalue weighted by molar-refractivity contribution is 9.10. The lowest BCUT2D eigenvalue weighted by atomic mass is 10.1. The maximum atomic E-state index is 6.13. The maximum absolute atomic E-state index is 6.13. The lowest BCUT2D eigenvalue weighted by molar-refractivity contribution is 0.153. The Hall–Kier alpha value is -0.880. The van der Waals surface area contributed by atoms with Gasteiger partial charge in [-0.05, 0) is 67.9 Å². The van der Waals surface area contributed by atoms with Gasteiger partial charge in [0.2, 0.25) is 0 Å². The van der Waals surface area contributed by atoms with Crippen LogP contribution >= 0.6 is 31.9 Å². The second-order valence-electron chi connectivity index (χ2n) is 6.92. The van der Waals surface area contributed by atoms with Crippen molar-refractivity contribution >= 4 is 31.9 Å². The first kappa shape index (κ1) is 19.9. The van der Waals surface area contributed by atoms with E-state index in [-0.39, 0.29) is 0 Å². The van der Waals surface area contributed by atoms with Crippen molar-refractivity contribution in [3.8, 4) is 5.75 Å². The summed E-state index contributed by atoms with van der Waals surface area (Å²) < 4.78 is 8.33. The van der Waals surface area contributed by atoms with E-state index in [1.54, 1.807) is 0 Å². The number of benzene rings is 2. The molecule has 0 aliphatic carbocycles. The molecule has 5 heteroatoms. The number of likely N-dealkylation sites (N-methyl/N-ethyl adjacent to an activating group) is 1. The van der Waals surface area contributed by atoms with Crippen LogP contribution in [0.3, 0.4) is 0 Å². The van der Waals surface area contributed by atoms with Gasteiger partial charge in [-0.3, -0.25) is 0 Å². The van der Waals surface area contributed by atoms with Crippen molar-refractivity contribution in [1.82, 2.24) is 9.80 Å². The summed E-state index contributed by atoms with van der Waals surface area (Å²) in [4.78, 5) is 4.97. The van der Waals surface area contributed by atoms with Gasteiger partial charge in [0.1, 0.15) is 12.4 Å². The van der Waals surface area contributed by atoms with E-state index < -0.39 is 0 Å². The lowest BCUT2D eigenvalue weighted by Crippen LogP contribution is -2.44. The van der Waals surface area contributed by atoms with E-state index in [4.69, 9.17) is 4.74 Å². The first-order valence-electron chi connectivity index (χ1n) is 9.17. The molecule has 0 N–H and O–H groups in total. The average Bonchev–Trinajstić information content (AvgIpc) is 2.63. The van der Waals surface area contributed by atoms with Gasteiger partial charge in [-0.2, -0.15) is 0 Å². The average molecular weight is 482 g/mol. The van der Waals surface area contributed by atoms with Crippen LogP contribution in [0.15, 0.2) is 51.4 Å². The molecular weight excluding hydrogens is 456 g/mol. The molecule has 1 aliphatic heterocycles. The zero-order chi connectivity index (χ0) is 18.4. The molecule has 0 bridgehead atoms. The smallest absolute Gasteiger partial charge is 0.123 e. The van der Waals surface area contributed by atoms with E-state index >= 15 is 0 Å². The van der Waals surface area contributed by atoms with E-state index in [0.717, 1.165) is 34.1 Å². The summed E-state index contributed by atoms with van der Waals surface area (Å²) in [7, 11) is 2.20. The predicted molar refractivity (Wildman–Crippen MR) is 115 cm³/mol. The number of piperazine rings is 1. The highest BCUT2D eigenvalue weighted by Crippen LogP contribution is 2.26. The summed E-state index contributed by atoms with van der Waals surface area (Å²) in [6, 6.07) is 14.6. The van der Waals surface area contributed by atoms with Crippen LogP contribution in [0.25, 0.3) is 0 Å². The summed E-state index contributed by atoms with van der Waals surface area (Å²) in [5.41, 5.74) is 2.45. The second kappa shape index (κ2) is 9.88. The number of ether oxygens (including phenoxy) is 1. The van der Waals surface area contributed by atoms with Crippen molar-refractivity contribution in [3.63, 3.8) is 0 Å². The van der Waals surface area contributed by atoms with Gasteiger partial charge < -0.3 is 14.5 Å². The molecule has 0 radical (unpaired) electrons. The molecule has 0 aromatic heterocycles. The summed E-state index contributed by atoms with van der Waals surface area (Å²) in [5, 5.41) is 0. The fraction of sp³-hybridized carbons (Fsp3) is 0.429. The molecule has 1 saturated heterocycles. The Morgan fingerprint density at radius 2 is 1.73 bits per heavy atom. The summed E-state index contributed by atoms with van der Waals surface area (Å²) in [6.45, 7) is 6.47. The molecule has 1 aliphatic rings. The van der Waals surface area contributed by atoms with E-state index in [2.05, 4.69) is 79.0 Å². The minimum Gasteiger partial charge on any atom is -0.489 e. The summed E-state index contributed by atoms with van der Waals surface area (Å²) >= 11 is 7.12. The zero-order valence-corrected chi connectivity index (χ0v) is 18.4. The van der Waals surface area contributed by atoms with Crippen LogP contribution in [0.5, 0.6) is 5.75 Å². The van der Waals surface area contributed by atoms with Crippen molar-refractivity contribution in [2.24, 2.45) is 0 Å². The number of rotatable bonds is 7. The standard InChI is InChI=1S/C21H26Br2N2O/c1-24-10-12-25(13-11-24)9-3-5-18-15-20(23)7-8-21(18)26-16-17-4-2-6-19(22)14-17/h2,4,6-8,14-15H,3,5,9-13,16H2,1H3. The van der Waals surface area contributed by atoms with Gasteiger partial charge in [0.15, 0.2) is 0 Å². The second-order valence-corrected chi connectivity index (χ2v) is 8.75. The van der Waals surface area contributed by atoms with Crippen LogP contribution in [0.4, 0.5) is 0 Å². The molecule has 2 aromatic rings. The Morgan fingerprint density at radius 1 is 0.962 bits per heavy atom. The van der Waals surface area contributed by atoms with Gasteiger partial charge in [-0.1, -0.05) is 44.0 Å². The van der Waals surface area contributed by atoms with E-state index in [1.165, 1.54) is 37.3 Å². The normalized spacial score (nSPS) is 16.0. The molecule has 0 amide bonds. The van der Waals surface area contributed by atoms with E-state index in [1.807, 2.05) is 12.1 Å². The number of hydrogen-bond donors (Lipinski definition) is 0. The Balaban J connectivity index is 1.55. The summed E-state index contributed by atoms with van der Waals surface area (Å²) in [6.07, 6.45) is 2.20. The Bertz CT molecular complexity index is 715. The van der Waals surface area contributed by atoms with Crippen LogP contribution < -0.4 is 4.74 Å². The van der Waals surface area contributed by atoms with E-state index in [9.17, 15) is 0 Å². The topological polar surface area (TPSA) is 15.7 Å². The molecule has 3 rings (SSSR count). The van der Waals surface area contributed by atoms with E-state index in [0.29, 0.717) is 6.61 Å². The number of halogens is 2. The van der Waals surface area contributed by atoms with Gasteiger partial charge in [0.05, 0.1) is 0 Å². The molecule has 0 atom stereocenters. The molecule has 1 heterocycles. The Morgan fingerprint density at radius 3 is 2.50 bits per heavy atom. The monoisotopic (exact) mass is 480 g/mol. The number of nitrogens with zero attached hydrogens (tertiary/aromatic N) is 2. The third-order valence-electron chi connectivity index (χ3n) is 4.82. The molecule has 0 saturated carbocycles. The van der Waals surface area contributed by atoms with Crippen molar-refractivity contribution < 1.29 is 4.74 Å². The van der Waals surface area contributed by atoms with Crippen LogP contribution in [-0.4, -0.2) is 49.6 Å². The van der Waals surface area contributed by atoms with Crippen molar-refractivity contribution in [3.05, 3.63) is 62.5 Å². The minimum atomic E-state index is 0.590. The molecular formula is C21H26Br2N2O. The molecule has 1 fully saturated rings. The summed E-state index contributed by atoms with van der Waals surface area (Å²) in [5.74, 6) is 0.992. The molecule has 3 nitrogen and oxygen atoms in total. The predicted octanol–water partition coefficient (Wildman–Crippen LogP) is 4.97. The highest BCUT2D eigenvalue weighted by Gasteiger charge is 2.13. The first-order valence-corrected chi connectivity index (χ1v) is 10.8. The lowest BCUT2D eigenvalue weighted by Gasteiger charge is -2.32. The van der Waals surface area contributed by atoms with Gasteiger partial charge in [-0.25, -0.2) is 0 Å². The van der Waals surface area contributed by atoms with Gasteiger partial charge >= 0.3 is 0 Å². The number of hydrogen-bond acceptors (Lipinski definition) is 3. The fourth-order valence-corrected chi connectivity index (χ4v) is 4.09. The molecule has 2 aromatic carbocycles. The molecule has 26 heavy (non-hydrogen) atoms. The van der Waals surface area contributed by atoms with Crippen molar-refractivity contribution in [2.75, 3.05) is 39.8 Å². The third-order valence-corrected chi connectivity index (χ3v) is 5.81. The van der Waals surface area contributed by atoms with Gasteiger partial charge in [-0.15, -0.1) is 0 Å². The largest absolute Gasteiger partial charge is 0.489 e. The SMILES string of the molecule is CN1CCN(CCCc2cc(Br)ccc2OCc2cccc(Br)c2)CC1. The molecule has 0 spiro atoms. The van der Waals surface area contributed by atoms with Crippen molar-refractivity contribution in [2.45, 2.75) is 19.4 Å². The zero-order valence-electron chi connectivity index (χ0n) is 15.3. The van der Waals surface area contributed by atoms with Crippen LogP contribution in [-0.2, 0) is 13.0 Å². The van der Waals surface area contributed by atoms with Crippen LogP contribution in [0, 0.1) is 0 Å². The van der Waals surface area contributed by atoms with Gasteiger partial charge in [0.25, 0.3) is 0 Å². The fourth-order valence-electron chi connectivity index (χ4n) is 3.24.